The van der Waals surface area contributed by atoms with E-state index in [0.717, 1.165) is 28.1 Å². The Morgan fingerprint density at radius 2 is 1.54 bits per heavy atom. The lowest BCUT2D eigenvalue weighted by Crippen LogP contribution is -2.03. The second-order valence-corrected chi connectivity index (χ2v) is 6.32. The standard InChI is InChI=1S/C21H16FN3S/c22-18-8-6-16(7-9-18)19-20(17-10-12-23-13-11-17)25(21(26)24-19)14-15-4-2-1-3-5-15/h1-13H,14H2,(H,24,26). The van der Waals surface area contributed by atoms with Crippen molar-refractivity contribution in [1.82, 2.24) is 14.5 Å². The van der Waals surface area contributed by atoms with Gasteiger partial charge in [0.15, 0.2) is 5.16 Å². The topological polar surface area (TPSA) is 30.7 Å². The molecule has 0 saturated heterocycles. The van der Waals surface area contributed by atoms with Crippen LogP contribution in [0.1, 0.15) is 5.56 Å². The lowest BCUT2D eigenvalue weighted by molar-refractivity contribution is 0.628. The Labute approximate surface area is 156 Å². The molecule has 4 aromatic rings. The molecule has 0 aliphatic carbocycles. The SMILES string of the molecule is Fc1ccc(-c2nc(S)n(Cc3ccccc3)c2-c2ccncc2)cc1. The van der Waals surface area contributed by atoms with Gasteiger partial charge >= 0.3 is 0 Å². The van der Waals surface area contributed by atoms with Gasteiger partial charge in [-0.25, -0.2) is 9.37 Å². The molecule has 0 aliphatic rings. The predicted molar refractivity (Wildman–Crippen MR) is 104 cm³/mol. The van der Waals surface area contributed by atoms with Crippen molar-refractivity contribution >= 4 is 12.6 Å². The Morgan fingerprint density at radius 3 is 2.23 bits per heavy atom. The first-order chi connectivity index (χ1) is 12.7. The van der Waals surface area contributed by atoms with Crippen molar-refractivity contribution in [3.05, 3.63) is 90.5 Å². The van der Waals surface area contributed by atoms with E-state index in [1.165, 1.54) is 12.1 Å². The number of thiol groups is 1. The molecule has 0 unspecified atom stereocenters. The van der Waals surface area contributed by atoms with Gasteiger partial charge in [-0.2, -0.15) is 0 Å². The molecule has 0 aliphatic heterocycles. The molecule has 2 heterocycles. The van der Waals surface area contributed by atoms with Crippen molar-refractivity contribution < 1.29 is 4.39 Å². The Hall–Kier alpha value is -2.92. The highest BCUT2D eigenvalue weighted by Crippen LogP contribution is 2.34. The van der Waals surface area contributed by atoms with Gasteiger partial charge < -0.3 is 4.57 Å². The predicted octanol–water partition coefficient (Wildman–Crippen LogP) is 5.09. The maximum atomic E-state index is 13.3. The molecule has 0 fully saturated rings. The highest BCUT2D eigenvalue weighted by atomic mass is 32.1. The van der Waals surface area contributed by atoms with Crippen LogP contribution < -0.4 is 0 Å². The molecule has 128 valence electrons. The van der Waals surface area contributed by atoms with E-state index in [1.807, 2.05) is 30.3 Å². The van der Waals surface area contributed by atoms with Crippen molar-refractivity contribution in [2.45, 2.75) is 11.7 Å². The number of imidazole rings is 1. The number of benzene rings is 2. The molecule has 0 radical (unpaired) electrons. The Morgan fingerprint density at radius 1 is 0.846 bits per heavy atom. The molecule has 0 saturated carbocycles. The lowest BCUT2D eigenvalue weighted by Gasteiger charge is -2.12. The van der Waals surface area contributed by atoms with Crippen LogP contribution in [0.4, 0.5) is 4.39 Å². The summed E-state index contributed by atoms with van der Waals surface area (Å²) in [4.78, 5) is 8.77. The third kappa shape index (κ3) is 3.26. The molecule has 0 spiro atoms. The van der Waals surface area contributed by atoms with Crippen LogP contribution in [0.15, 0.2) is 84.3 Å². The molecule has 2 aromatic carbocycles. The summed E-state index contributed by atoms with van der Waals surface area (Å²) in [6.07, 6.45) is 3.50. The highest BCUT2D eigenvalue weighted by molar-refractivity contribution is 7.80. The number of aromatic nitrogens is 3. The summed E-state index contributed by atoms with van der Waals surface area (Å²) in [7, 11) is 0. The van der Waals surface area contributed by atoms with Crippen molar-refractivity contribution in [2.75, 3.05) is 0 Å². The Kier molecular flexibility index (Phi) is 4.54. The summed E-state index contributed by atoms with van der Waals surface area (Å²) in [5.74, 6) is -0.269. The summed E-state index contributed by atoms with van der Waals surface area (Å²) < 4.78 is 15.4. The zero-order valence-electron chi connectivity index (χ0n) is 13.9. The fourth-order valence-electron chi connectivity index (χ4n) is 2.97. The number of pyridine rings is 1. The van der Waals surface area contributed by atoms with Gasteiger partial charge in [0.05, 0.1) is 17.9 Å². The van der Waals surface area contributed by atoms with E-state index in [9.17, 15) is 4.39 Å². The van der Waals surface area contributed by atoms with Crippen LogP contribution >= 0.6 is 12.6 Å². The first-order valence-electron chi connectivity index (χ1n) is 8.22. The quantitative estimate of drug-likeness (QED) is 0.513. The van der Waals surface area contributed by atoms with Gasteiger partial charge in [-0.1, -0.05) is 30.3 Å². The average molecular weight is 361 g/mol. The normalized spacial score (nSPS) is 10.8. The number of hydrogen-bond acceptors (Lipinski definition) is 3. The van der Waals surface area contributed by atoms with Gasteiger partial charge in [0, 0.05) is 23.5 Å². The summed E-state index contributed by atoms with van der Waals surface area (Å²) in [5.41, 5.74) is 4.70. The van der Waals surface area contributed by atoms with E-state index >= 15 is 0 Å². The van der Waals surface area contributed by atoms with Gasteiger partial charge in [-0.05, 0) is 42.0 Å². The Balaban J connectivity index is 1.89. The smallest absolute Gasteiger partial charge is 0.166 e. The summed E-state index contributed by atoms with van der Waals surface area (Å²) >= 11 is 4.60. The second kappa shape index (κ2) is 7.14. The van der Waals surface area contributed by atoms with Crippen LogP contribution in [0.5, 0.6) is 0 Å². The first-order valence-corrected chi connectivity index (χ1v) is 8.67. The zero-order chi connectivity index (χ0) is 17.9. The summed E-state index contributed by atoms with van der Waals surface area (Å²) in [5, 5.41) is 0.611. The van der Waals surface area contributed by atoms with Crippen LogP contribution in [-0.2, 0) is 6.54 Å². The van der Waals surface area contributed by atoms with Gasteiger partial charge in [0.1, 0.15) is 5.82 Å². The van der Waals surface area contributed by atoms with Gasteiger partial charge in [-0.3, -0.25) is 4.98 Å². The Bertz CT molecular complexity index is 1010. The summed E-state index contributed by atoms with van der Waals surface area (Å²) in [6, 6.07) is 20.4. The maximum absolute atomic E-state index is 13.3. The third-order valence-corrected chi connectivity index (χ3v) is 4.54. The van der Waals surface area contributed by atoms with E-state index < -0.39 is 0 Å². The van der Waals surface area contributed by atoms with E-state index in [4.69, 9.17) is 0 Å². The minimum Gasteiger partial charge on any atom is -0.314 e. The fourth-order valence-corrected chi connectivity index (χ4v) is 3.24. The van der Waals surface area contributed by atoms with Crippen molar-refractivity contribution in [1.29, 1.82) is 0 Å². The van der Waals surface area contributed by atoms with Gasteiger partial charge in [0.2, 0.25) is 0 Å². The third-order valence-electron chi connectivity index (χ3n) is 4.20. The van der Waals surface area contributed by atoms with E-state index in [2.05, 4.69) is 39.3 Å². The lowest BCUT2D eigenvalue weighted by atomic mass is 10.1. The number of hydrogen-bond donors (Lipinski definition) is 1. The van der Waals surface area contributed by atoms with Crippen LogP contribution in [0, 0.1) is 5.82 Å². The zero-order valence-corrected chi connectivity index (χ0v) is 14.8. The van der Waals surface area contributed by atoms with Crippen LogP contribution in [-0.4, -0.2) is 14.5 Å². The van der Waals surface area contributed by atoms with Crippen molar-refractivity contribution in [3.63, 3.8) is 0 Å². The molecule has 0 atom stereocenters. The van der Waals surface area contributed by atoms with Gasteiger partial charge in [0.25, 0.3) is 0 Å². The largest absolute Gasteiger partial charge is 0.314 e. The van der Waals surface area contributed by atoms with Crippen molar-refractivity contribution in [2.24, 2.45) is 0 Å². The van der Waals surface area contributed by atoms with E-state index in [-0.39, 0.29) is 5.82 Å². The van der Waals surface area contributed by atoms with Crippen LogP contribution in [0.2, 0.25) is 0 Å². The molecule has 5 heteroatoms. The number of nitrogens with zero attached hydrogens (tertiary/aromatic N) is 3. The molecule has 4 rings (SSSR count). The molecule has 3 nitrogen and oxygen atoms in total. The fraction of sp³-hybridized carbons (Fsp3) is 0.0476. The average Bonchev–Trinajstić information content (AvgIpc) is 3.00. The molecular weight excluding hydrogens is 345 g/mol. The van der Waals surface area contributed by atoms with E-state index in [0.29, 0.717) is 11.7 Å². The minimum atomic E-state index is -0.269. The van der Waals surface area contributed by atoms with E-state index in [1.54, 1.807) is 24.5 Å². The summed E-state index contributed by atoms with van der Waals surface area (Å²) in [6.45, 7) is 0.644. The molecule has 0 bridgehead atoms. The molecule has 0 amide bonds. The monoisotopic (exact) mass is 361 g/mol. The number of halogens is 1. The molecule has 0 N–H and O–H groups in total. The second-order valence-electron chi connectivity index (χ2n) is 5.92. The molecular formula is C21H16FN3S. The van der Waals surface area contributed by atoms with Gasteiger partial charge in [-0.15, -0.1) is 12.6 Å². The minimum absolute atomic E-state index is 0.269. The first kappa shape index (κ1) is 16.5. The van der Waals surface area contributed by atoms with Crippen molar-refractivity contribution in [3.8, 4) is 22.5 Å². The molecule has 26 heavy (non-hydrogen) atoms. The van der Waals surface area contributed by atoms with Crippen LogP contribution in [0.25, 0.3) is 22.5 Å². The van der Waals surface area contributed by atoms with Crippen LogP contribution in [0.3, 0.4) is 0 Å². The maximum Gasteiger partial charge on any atom is 0.166 e. The molecule has 2 aromatic heterocycles. The highest BCUT2D eigenvalue weighted by Gasteiger charge is 2.18. The number of rotatable bonds is 4.